The number of ether oxygens (including phenoxy) is 4. The van der Waals surface area contributed by atoms with Crippen molar-refractivity contribution >= 4 is 5.91 Å². The highest BCUT2D eigenvalue weighted by Crippen LogP contribution is 2.36. The van der Waals surface area contributed by atoms with E-state index in [9.17, 15) is 4.79 Å². The van der Waals surface area contributed by atoms with Crippen molar-refractivity contribution in [3.8, 4) is 0 Å². The molecule has 2 fully saturated rings. The molecule has 0 aromatic rings. The van der Waals surface area contributed by atoms with Crippen LogP contribution in [0.15, 0.2) is 0 Å². The lowest BCUT2D eigenvalue weighted by Crippen LogP contribution is -2.41. The zero-order chi connectivity index (χ0) is 15.1. The Morgan fingerprint density at radius 3 is 2.62 bits per heavy atom. The quantitative estimate of drug-likeness (QED) is 0.717. The van der Waals surface area contributed by atoms with Gasteiger partial charge in [0.15, 0.2) is 5.79 Å². The Hall–Kier alpha value is -0.690. The minimum atomic E-state index is -0.419. The van der Waals surface area contributed by atoms with Crippen molar-refractivity contribution in [2.45, 2.75) is 57.0 Å². The Balaban J connectivity index is 1.64. The Bertz CT molecular complexity index is 320. The summed E-state index contributed by atoms with van der Waals surface area (Å²) < 4.78 is 22.2. The zero-order valence-corrected chi connectivity index (χ0v) is 13.1. The smallest absolute Gasteiger partial charge is 0.248 e. The van der Waals surface area contributed by atoms with E-state index in [1.807, 2.05) is 0 Å². The van der Waals surface area contributed by atoms with Gasteiger partial charge in [-0.15, -0.1) is 0 Å². The van der Waals surface area contributed by atoms with E-state index in [0.29, 0.717) is 26.4 Å². The van der Waals surface area contributed by atoms with Gasteiger partial charge in [0.1, 0.15) is 6.10 Å². The third kappa shape index (κ3) is 4.92. The maximum Gasteiger partial charge on any atom is 0.248 e. The molecular formula is C15H27NO5. The predicted octanol–water partition coefficient (Wildman–Crippen LogP) is 1.23. The summed E-state index contributed by atoms with van der Waals surface area (Å²) in [4.78, 5) is 11.9. The van der Waals surface area contributed by atoms with Crippen molar-refractivity contribution in [3.63, 3.8) is 0 Å². The van der Waals surface area contributed by atoms with Gasteiger partial charge in [0, 0.05) is 33.1 Å². The molecule has 0 aromatic heterocycles. The highest BCUT2D eigenvalue weighted by molar-refractivity contribution is 5.80. The molecule has 2 aliphatic rings. The van der Waals surface area contributed by atoms with Crippen LogP contribution in [0.2, 0.25) is 0 Å². The molecule has 1 saturated carbocycles. The number of carbonyl (C=O) groups excluding carboxylic acids is 1. The van der Waals surface area contributed by atoms with Crippen molar-refractivity contribution in [2.24, 2.45) is 0 Å². The van der Waals surface area contributed by atoms with Crippen LogP contribution in [0.5, 0.6) is 0 Å². The molecule has 1 spiro atoms. The van der Waals surface area contributed by atoms with E-state index in [1.165, 1.54) is 0 Å². The molecular weight excluding hydrogens is 274 g/mol. The van der Waals surface area contributed by atoms with Gasteiger partial charge in [-0.05, 0) is 26.2 Å². The van der Waals surface area contributed by atoms with Crippen LogP contribution in [-0.2, 0) is 23.7 Å². The average Bonchev–Trinajstić information content (AvgIpc) is 2.94. The molecule has 1 amide bonds. The number of amides is 1. The topological polar surface area (TPSA) is 66.0 Å². The molecule has 1 N–H and O–H groups in total. The second-order valence-electron chi connectivity index (χ2n) is 5.72. The van der Waals surface area contributed by atoms with E-state index in [0.717, 1.165) is 32.1 Å². The highest BCUT2D eigenvalue weighted by atomic mass is 16.7. The lowest BCUT2D eigenvalue weighted by Gasteiger charge is -2.36. The molecule has 1 aliphatic heterocycles. The van der Waals surface area contributed by atoms with Crippen molar-refractivity contribution in [1.82, 2.24) is 5.32 Å². The molecule has 0 bridgehead atoms. The van der Waals surface area contributed by atoms with E-state index >= 15 is 0 Å². The normalized spacial score (nSPS) is 23.3. The lowest BCUT2D eigenvalue weighted by atomic mass is 9.91. The van der Waals surface area contributed by atoms with Crippen molar-refractivity contribution in [1.29, 1.82) is 0 Å². The van der Waals surface area contributed by atoms with Crippen LogP contribution in [0.4, 0.5) is 0 Å². The second kappa shape index (κ2) is 8.08. The largest absolute Gasteiger partial charge is 0.385 e. The van der Waals surface area contributed by atoms with Gasteiger partial charge < -0.3 is 24.3 Å². The van der Waals surface area contributed by atoms with Gasteiger partial charge in [0.05, 0.1) is 19.3 Å². The third-order valence-electron chi connectivity index (χ3n) is 4.10. The molecule has 1 saturated heterocycles. The molecule has 6 nitrogen and oxygen atoms in total. The first-order valence-electron chi connectivity index (χ1n) is 7.85. The first-order valence-corrected chi connectivity index (χ1v) is 7.85. The lowest BCUT2D eigenvalue weighted by molar-refractivity contribution is -0.195. The van der Waals surface area contributed by atoms with Gasteiger partial charge in [0.2, 0.25) is 5.91 Å². The predicted molar refractivity (Wildman–Crippen MR) is 76.9 cm³/mol. The van der Waals surface area contributed by atoms with E-state index in [4.69, 9.17) is 18.9 Å². The van der Waals surface area contributed by atoms with Crippen molar-refractivity contribution in [2.75, 3.05) is 33.5 Å². The van der Waals surface area contributed by atoms with Crippen LogP contribution < -0.4 is 5.32 Å². The number of hydrogen-bond acceptors (Lipinski definition) is 5. The van der Waals surface area contributed by atoms with Gasteiger partial charge in [-0.3, -0.25) is 4.79 Å². The summed E-state index contributed by atoms with van der Waals surface area (Å²) in [7, 11) is 1.65. The van der Waals surface area contributed by atoms with E-state index in [1.54, 1.807) is 14.0 Å². The molecule has 1 unspecified atom stereocenters. The van der Waals surface area contributed by atoms with E-state index < -0.39 is 6.10 Å². The SMILES string of the molecule is COCCCNC(=O)C(C)OC1CCC2(CC1)OCCO2. The van der Waals surface area contributed by atoms with Crippen LogP contribution in [-0.4, -0.2) is 57.4 Å². The van der Waals surface area contributed by atoms with E-state index in [2.05, 4.69) is 5.32 Å². The molecule has 1 atom stereocenters. The summed E-state index contributed by atoms with van der Waals surface area (Å²) in [6, 6.07) is 0. The van der Waals surface area contributed by atoms with Crippen LogP contribution in [0.25, 0.3) is 0 Å². The molecule has 0 radical (unpaired) electrons. The number of nitrogens with one attached hydrogen (secondary N) is 1. The Morgan fingerprint density at radius 2 is 2.00 bits per heavy atom. The second-order valence-corrected chi connectivity index (χ2v) is 5.72. The standard InChI is InChI=1S/C15H27NO5/c1-12(14(17)16-8-3-9-18-2)21-13-4-6-15(7-5-13)19-10-11-20-15/h12-13H,3-11H2,1-2H3,(H,16,17). The molecule has 0 aromatic carbocycles. The Kier molecular flexibility index (Phi) is 6.41. The summed E-state index contributed by atoms with van der Waals surface area (Å²) in [6.45, 7) is 4.45. The fraction of sp³-hybridized carbons (Fsp3) is 0.933. The molecule has 1 aliphatic carbocycles. The summed E-state index contributed by atoms with van der Waals surface area (Å²) >= 11 is 0. The Labute approximate surface area is 126 Å². The number of rotatable bonds is 7. The van der Waals surface area contributed by atoms with Gasteiger partial charge >= 0.3 is 0 Å². The maximum atomic E-state index is 11.9. The minimum Gasteiger partial charge on any atom is -0.385 e. The molecule has 122 valence electrons. The summed E-state index contributed by atoms with van der Waals surface area (Å²) in [5.41, 5.74) is 0. The molecule has 2 rings (SSSR count). The summed E-state index contributed by atoms with van der Waals surface area (Å²) in [6.07, 6.45) is 3.96. The average molecular weight is 301 g/mol. The fourth-order valence-corrected chi connectivity index (χ4v) is 2.88. The van der Waals surface area contributed by atoms with E-state index in [-0.39, 0.29) is 17.8 Å². The zero-order valence-electron chi connectivity index (χ0n) is 13.1. The first kappa shape index (κ1) is 16.7. The molecule has 6 heteroatoms. The molecule has 1 heterocycles. The summed E-state index contributed by atoms with van der Waals surface area (Å²) in [5, 5.41) is 2.86. The van der Waals surface area contributed by atoms with Gasteiger partial charge in [-0.25, -0.2) is 0 Å². The third-order valence-corrected chi connectivity index (χ3v) is 4.10. The summed E-state index contributed by atoms with van der Waals surface area (Å²) in [5.74, 6) is -0.425. The number of methoxy groups -OCH3 is 1. The van der Waals surface area contributed by atoms with Crippen LogP contribution in [0.1, 0.15) is 39.0 Å². The van der Waals surface area contributed by atoms with Crippen LogP contribution >= 0.6 is 0 Å². The van der Waals surface area contributed by atoms with Gasteiger partial charge in [-0.1, -0.05) is 0 Å². The van der Waals surface area contributed by atoms with Crippen LogP contribution in [0, 0.1) is 0 Å². The Morgan fingerprint density at radius 1 is 1.33 bits per heavy atom. The highest BCUT2D eigenvalue weighted by Gasteiger charge is 2.41. The first-order chi connectivity index (χ1) is 10.2. The number of hydrogen-bond donors (Lipinski definition) is 1. The maximum absolute atomic E-state index is 11.9. The number of carbonyl (C=O) groups is 1. The van der Waals surface area contributed by atoms with Gasteiger partial charge in [-0.2, -0.15) is 0 Å². The van der Waals surface area contributed by atoms with Crippen molar-refractivity contribution in [3.05, 3.63) is 0 Å². The minimum absolute atomic E-state index is 0.0558. The van der Waals surface area contributed by atoms with Gasteiger partial charge in [0.25, 0.3) is 0 Å². The van der Waals surface area contributed by atoms with Crippen molar-refractivity contribution < 1.29 is 23.7 Å². The monoisotopic (exact) mass is 301 g/mol. The molecule has 21 heavy (non-hydrogen) atoms. The van der Waals surface area contributed by atoms with Crippen LogP contribution in [0.3, 0.4) is 0 Å². The fourth-order valence-electron chi connectivity index (χ4n) is 2.88.